The van der Waals surface area contributed by atoms with Gasteiger partial charge in [0, 0.05) is 12.6 Å². The van der Waals surface area contributed by atoms with Crippen molar-refractivity contribution in [1.29, 1.82) is 0 Å². The Morgan fingerprint density at radius 3 is 2.47 bits per heavy atom. The van der Waals surface area contributed by atoms with Crippen molar-refractivity contribution >= 4 is 16.1 Å². The second-order valence-corrected chi connectivity index (χ2v) is 9.88. The number of nitrogens with one attached hydrogen (secondary N) is 3. The quantitative estimate of drug-likeness (QED) is 0.494. The summed E-state index contributed by atoms with van der Waals surface area (Å²) in [6.07, 6.45) is 6.76. The van der Waals surface area contributed by atoms with Gasteiger partial charge < -0.3 is 20.5 Å². The van der Waals surface area contributed by atoms with Crippen LogP contribution in [0.5, 0.6) is 0 Å². The van der Waals surface area contributed by atoms with Gasteiger partial charge in [0.25, 0.3) is 0 Å². The summed E-state index contributed by atoms with van der Waals surface area (Å²) in [5.74, 6) is 0. The molecular formula is C21H33N3O5S. The molecule has 1 saturated carbocycles. The number of hydrogen-bond acceptors (Lipinski definition) is 5. The number of carbonyl (C=O) groups excluding carboxylic acids is 1. The lowest BCUT2D eigenvalue weighted by atomic mass is 9.95. The summed E-state index contributed by atoms with van der Waals surface area (Å²) in [6, 6.07) is 8.00. The molecule has 2 aliphatic rings. The third kappa shape index (κ3) is 6.66. The minimum Gasteiger partial charge on any atom is -0.394 e. The highest BCUT2D eigenvalue weighted by atomic mass is 32.2. The summed E-state index contributed by atoms with van der Waals surface area (Å²) in [7, 11) is -3.54. The molecule has 8 nitrogen and oxygen atoms in total. The van der Waals surface area contributed by atoms with E-state index in [1.54, 1.807) is 30.3 Å². The Morgan fingerprint density at radius 2 is 1.77 bits per heavy atom. The van der Waals surface area contributed by atoms with Gasteiger partial charge in [-0.3, -0.25) is 0 Å². The standard InChI is InChI=1S/C21H33N3O5S/c25-15-20-19(24-21(26)23-16-7-3-1-4-8-16)12-11-17(29-20)13-14-22-30(27,28)18-9-5-2-6-10-18/h2,5-6,9-10,16-17,19-20,22,25H,1,3-4,7-8,11-15H2,(H2,23,24,26)/t17-,19+,20+/m1/s1. The van der Waals surface area contributed by atoms with Crippen LogP contribution in [0.3, 0.4) is 0 Å². The number of rotatable bonds is 8. The first kappa shape index (κ1) is 23.0. The van der Waals surface area contributed by atoms with Gasteiger partial charge >= 0.3 is 6.03 Å². The second-order valence-electron chi connectivity index (χ2n) is 8.12. The molecule has 1 saturated heterocycles. The van der Waals surface area contributed by atoms with Crippen molar-refractivity contribution in [2.75, 3.05) is 13.2 Å². The average molecular weight is 440 g/mol. The van der Waals surface area contributed by atoms with Crippen LogP contribution < -0.4 is 15.4 Å². The number of sulfonamides is 1. The van der Waals surface area contributed by atoms with Crippen molar-refractivity contribution in [3.63, 3.8) is 0 Å². The Hall–Kier alpha value is -1.68. The number of urea groups is 1. The number of benzene rings is 1. The lowest BCUT2D eigenvalue weighted by Gasteiger charge is -2.36. The molecule has 1 heterocycles. The number of carbonyl (C=O) groups is 1. The fourth-order valence-corrected chi connectivity index (χ4v) is 5.26. The van der Waals surface area contributed by atoms with E-state index < -0.39 is 16.1 Å². The van der Waals surface area contributed by atoms with E-state index in [-0.39, 0.29) is 42.3 Å². The highest BCUT2D eigenvalue weighted by Gasteiger charge is 2.32. The number of aliphatic hydroxyl groups excluding tert-OH is 1. The molecule has 0 radical (unpaired) electrons. The maximum Gasteiger partial charge on any atom is 0.315 e. The van der Waals surface area contributed by atoms with Gasteiger partial charge in [-0.25, -0.2) is 17.9 Å². The minimum absolute atomic E-state index is 0.167. The predicted octanol–water partition coefficient (Wildman–Crippen LogP) is 1.90. The summed E-state index contributed by atoms with van der Waals surface area (Å²) >= 11 is 0. The molecule has 1 aliphatic heterocycles. The van der Waals surface area contributed by atoms with Gasteiger partial charge in [0.1, 0.15) is 6.10 Å². The zero-order valence-corrected chi connectivity index (χ0v) is 18.1. The Morgan fingerprint density at radius 1 is 1.03 bits per heavy atom. The summed E-state index contributed by atoms with van der Waals surface area (Å²) in [5, 5.41) is 15.7. The van der Waals surface area contributed by atoms with Crippen molar-refractivity contribution in [3.8, 4) is 0 Å². The van der Waals surface area contributed by atoms with Gasteiger partial charge in [0.05, 0.1) is 23.6 Å². The van der Waals surface area contributed by atoms with Crippen LogP contribution in [0.25, 0.3) is 0 Å². The van der Waals surface area contributed by atoms with E-state index in [1.807, 2.05) is 0 Å². The lowest BCUT2D eigenvalue weighted by molar-refractivity contribution is -0.0887. The molecule has 4 N–H and O–H groups in total. The van der Waals surface area contributed by atoms with Gasteiger partial charge in [-0.2, -0.15) is 0 Å². The van der Waals surface area contributed by atoms with E-state index in [0.29, 0.717) is 19.3 Å². The van der Waals surface area contributed by atoms with E-state index in [2.05, 4.69) is 15.4 Å². The molecule has 1 aromatic rings. The molecule has 168 valence electrons. The monoisotopic (exact) mass is 439 g/mol. The first-order valence-corrected chi connectivity index (χ1v) is 12.3. The van der Waals surface area contributed by atoms with Crippen molar-refractivity contribution in [2.24, 2.45) is 0 Å². The van der Waals surface area contributed by atoms with E-state index in [9.17, 15) is 18.3 Å². The van der Waals surface area contributed by atoms with E-state index in [0.717, 1.165) is 25.7 Å². The van der Waals surface area contributed by atoms with Gasteiger partial charge in [0.2, 0.25) is 10.0 Å². The maximum atomic E-state index is 12.3. The SMILES string of the molecule is O=C(NC1CCCCC1)N[C@H]1CC[C@H](CCNS(=O)(=O)c2ccccc2)O[C@H]1CO. The van der Waals surface area contributed by atoms with Crippen LogP contribution in [-0.4, -0.2) is 57.0 Å². The van der Waals surface area contributed by atoms with E-state index >= 15 is 0 Å². The second kappa shape index (κ2) is 11.1. The molecule has 0 bridgehead atoms. The third-order valence-electron chi connectivity index (χ3n) is 5.86. The molecule has 30 heavy (non-hydrogen) atoms. The third-order valence-corrected chi connectivity index (χ3v) is 7.34. The van der Waals surface area contributed by atoms with Crippen LogP contribution >= 0.6 is 0 Å². The molecule has 2 fully saturated rings. The van der Waals surface area contributed by atoms with E-state index in [1.165, 1.54) is 6.42 Å². The van der Waals surface area contributed by atoms with Crippen LogP contribution in [0.15, 0.2) is 35.2 Å². The van der Waals surface area contributed by atoms with Crippen LogP contribution in [0.4, 0.5) is 4.79 Å². The molecular weight excluding hydrogens is 406 g/mol. The molecule has 0 unspecified atom stereocenters. The van der Waals surface area contributed by atoms with Crippen LogP contribution in [0.1, 0.15) is 51.4 Å². The van der Waals surface area contributed by atoms with Crippen molar-refractivity contribution in [3.05, 3.63) is 30.3 Å². The topological polar surface area (TPSA) is 117 Å². The Labute approximate surface area is 178 Å². The molecule has 0 aromatic heterocycles. The summed E-state index contributed by atoms with van der Waals surface area (Å²) in [4.78, 5) is 12.5. The van der Waals surface area contributed by atoms with Crippen molar-refractivity contribution < 1.29 is 23.1 Å². The van der Waals surface area contributed by atoms with Crippen molar-refractivity contribution in [1.82, 2.24) is 15.4 Å². The number of amides is 2. The Bertz CT molecular complexity index is 768. The summed E-state index contributed by atoms with van der Waals surface area (Å²) < 4.78 is 33.1. The smallest absolute Gasteiger partial charge is 0.315 e. The van der Waals surface area contributed by atoms with Crippen LogP contribution in [0, 0.1) is 0 Å². The first-order valence-electron chi connectivity index (χ1n) is 10.9. The highest BCUT2D eigenvalue weighted by Crippen LogP contribution is 2.22. The number of hydrogen-bond donors (Lipinski definition) is 4. The van der Waals surface area contributed by atoms with Gasteiger partial charge in [-0.05, 0) is 44.2 Å². The predicted molar refractivity (Wildman–Crippen MR) is 114 cm³/mol. The van der Waals surface area contributed by atoms with Gasteiger partial charge in [-0.1, -0.05) is 37.5 Å². The molecule has 1 aromatic carbocycles. The first-order chi connectivity index (χ1) is 14.5. The molecule has 3 atom stereocenters. The number of ether oxygens (including phenoxy) is 1. The zero-order valence-electron chi connectivity index (χ0n) is 17.3. The average Bonchev–Trinajstić information content (AvgIpc) is 2.76. The fraction of sp³-hybridized carbons (Fsp3) is 0.667. The fourth-order valence-electron chi connectivity index (χ4n) is 4.19. The maximum absolute atomic E-state index is 12.3. The molecule has 9 heteroatoms. The molecule has 1 aliphatic carbocycles. The Kier molecular flexibility index (Phi) is 8.50. The van der Waals surface area contributed by atoms with Crippen LogP contribution in [-0.2, 0) is 14.8 Å². The largest absolute Gasteiger partial charge is 0.394 e. The summed E-state index contributed by atoms with van der Waals surface area (Å²) in [6.45, 7) is 0.0565. The van der Waals surface area contributed by atoms with Crippen molar-refractivity contribution in [2.45, 2.75) is 80.6 Å². The number of aliphatic hydroxyl groups is 1. The molecule has 0 spiro atoms. The lowest BCUT2D eigenvalue weighted by Crippen LogP contribution is -2.55. The summed E-state index contributed by atoms with van der Waals surface area (Å²) in [5.41, 5.74) is 0. The molecule has 3 rings (SSSR count). The highest BCUT2D eigenvalue weighted by molar-refractivity contribution is 7.89. The van der Waals surface area contributed by atoms with Crippen LogP contribution in [0.2, 0.25) is 0 Å². The zero-order chi connectivity index (χ0) is 21.4. The normalized spacial score (nSPS) is 25.6. The van der Waals surface area contributed by atoms with Gasteiger partial charge in [-0.15, -0.1) is 0 Å². The Balaban J connectivity index is 1.42. The minimum atomic E-state index is -3.54. The van der Waals surface area contributed by atoms with Gasteiger partial charge in [0.15, 0.2) is 0 Å². The van der Waals surface area contributed by atoms with E-state index in [4.69, 9.17) is 4.74 Å². The molecule has 2 amide bonds.